The third-order valence-corrected chi connectivity index (χ3v) is 6.34. The van der Waals surface area contributed by atoms with E-state index in [1.807, 2.05) is 0 Å². The fraction of sp³-hybridized carbons (Fsp3) is 0.0556. The van der Waals surface area contributed by atoms with Crippen molar-refractivity contribution in [3.63, 3.8) is 0 Å². The molecule has 7 nitrogen and oxygen atoms in total. The van der Waals surface area contributed by atoms with Crippen molar-refractivity contribution in [1.29, 1.82) is 0 Å². The lowest BCUT2D eigenvalue weighted by atomic mass is 10.2. The predicted octanol–water partition coefficient (Wildman–Crippen LogP) is 4.34. The summed E-state index contributed by atoms with van der Waals surface area (Å²) in [6.07, 6.45) is 6.83. The lowest BCUT2D eigenvalue weighted by Crippen LogP contribution is -2.07. The smallest absolute Gasteiger partial charge is 0.185 e. The van der Waals surface area contributed by atoms with Crippen LogP contribution in [0.3, 0.4) is 0 Å². The van der Waals surface area contributed by atoms with Crippen LogP contribution in [0.2, 0.25) is 10.0 Å². The first kappa shape index (κ1) is 19.6. The van der Waals surface area contributed by atoms with Gasteiger partial charge in [-0.25, -0.2) is 17.5 Å². The minimum absolute atomic E-state index is 0.0101. The van der Waals surface area contributed by atoms with E-state index in [1.165, 1.54) is 37.0 Å². The Bertz CT molecular complexity index is 1290. The van der Waals surface area contributed by atoms with Gasteiger partial charge in [-0.2, -0.15) is 0 Å². The van der Waals surface area contributed by atoms with Gasteiger partial charge in [0.2, 0.25) is 0 Å². The second-order valence-corrected chi connectivity index (χ2v) is 8.83. The lowest BCUT2D eigenvalue weighted by Gasteiger charge is -2.10. The molecular formula is C18H11Cl2FN4O3S. The molecule has 0 fully saturated rings. The molecule has 3 aromatic heterocycles. The van der Waals surface area contributed by atoms with E-state index in [-0.39, 0.29) is 21.2 Å². The molecule has 0 aliphatic rings. The van der Waals surface area contributed by atoms with Crippen molar-refractivity contribution in [3.05, 3.63) is 76.8 Å². The van der Waals surface area contributed by atoms with E-state index in [1.54, 1.807) is 6.07 Å². The molecule has 0 aliphatic heterocycles. The van der Waals surface area contributed by atoms with Crippen LogP contribution < -0.4 is 0 Å². The minimum Gasteiger partial charge on any atom is -0.471 e. The highest BCUT2D eigenvalue weighted by Crippen LogP contribution is 2.31. The molecule has 0 spiro atoms. The van der Waals surface area contributed by atoms with Gasteiger partial charge in [0.05, 0.1) is 28.3 Å². The van der Waals surface area contributed by atoms with Gasteiger partial charge in [-0.3, -0.25) is 4.98 Å². The summed E-state index contributed by atoms with van der Waals surface area (Å²) in [4.78, 5) is 3.98. The Hall–Kier alpha value is -2.75. The van der Waals surface area contributed by atoms with Gasteiger partial charge in [-0.05, 0) is 23.8 Å². The lowest BCUT2D eigenvalue weighted by molar-refractivity contribution is 0.556. The summed E-state index contributed by atoms with van der Waals surface area (Å²) < 4.78 is 45.5. The maximum absolute atomic E-state index is 14.5. The van der Waals surface area contributed by atoms with E-state index in [0.717, 1.165) is 17.0 Å². The molecule has 0 aliphatic carbocycles. The molecule has 29 heavy (non-hydrogen) atoms. The van der Waals surface area contributed by atoms with Crippen molar-refractivity contribution in [2.75, 3.05) is 0 Å². The molecule has 0 N–H and O–H groups in total. The Kier molecular flexibility index (Phi) is 5.12. The molecule has 0 bridgehead atoms. The van der Waals surface area contributed by atoms with Crippen LogP contribution in [0.4, 0.5) is 4.39 Å². The zero-order chi connectivity index (χ0) is 20.6. The maximum atomic E-state index is 14.5. The first-order valence-corrected chi connectivity index (χ1v) is 10.5. The van der Waals surface area contributed by atoms with Gasteiger partial charge in [0.25, 0.3) is 0 Å². The van der Waals surface area contributed by atoms with Crippen LogP contribution in [-0.2, 0) is 15.6 Å². The van der Waals surface area contributed by atoms with E-state index < -0.39 is 21.4 Å². The molecule has 148 valence electrons. The van der Waals surface area contributed by atoms with Crippen LogP contribution in [0.15, 0.2) is 64.7 Å². The number of halogens is 3. The van der Waals surface area contributed by atoms with Gasteiger partial charge in [0, 0.05) is 18.0 Å². The first-order valence-electron chi connectivity index (χ1n) is 8.10. The quantitative estimate of drug-likeness (QED) is 0.447. The number of hydrogen-bond donors (Lipinski definition) is 0. The van der Waals surface area contributed by atoms with Gasteiger partial charge in [-0.1, -0.05) is 34.5 Å². The van der Waals surface area contributed by atoms with E-state index in [9.17, 15) is 12.8 Å². The van der Waals surface area contributed by atoms with Crippen LogP contribution in [-0.4, -0.2) is 28.4 Å². The normalized spacial score (nSPS) is 11.7. The molecule has 0 saturated heterocycles. The van der Waals surface area contributed by atoms with Crippen molar-refractivity contribution in [2.24, 2.45) is 0 Å². The molecular weight excluding hydrogens is 442 g/mol. The fourth-order valence-corrected chi connectivity index (χ4v) is 4.52. The van der Waals surface area contributed by atoms with Gasteiger partial charge in [0.1, 0.15) is 28.4 Å². The molecule has 4 aromatic rings. The largest absolute Gasteiger partial charge is 0.471 e. The third-order valence-electron chi connectivity index (χ3n) is 4.07. The van der Waals surface area contributed by atoms with Crippen molar-refractivity contribution in [3.8, 4) is 16.9 Å². The van der Waals surface area contributed by atoms with Gasteiger partial charge >= 0.3 is 0 Å². The van der Waals surface area contributed by atoms with E-state index in [0.29, 0.717) is 16.3 Å². The van der Waals surface area contributed by atoms with E-state index in [2.05, 4.69) is 15.3 Å². The molecule has 0 saturated carbocycles. The first-order chi connectivity index (χ1) is 13.8. The molecule has 4 rings (SSSR count). The van der Waals surface area contributed by atoms with Crippen molar-refractivity contribution < 1.29 is 17.2 Å². The number of aromatic nitrogens is 4. The van der Waals surface area contributed by atoms with E-state index in [4.69, 9.17) is 27.6 Å². The van der Waals surface area contributed by atoms with Crippen LogP contribution in [0.1, 0.15) is 5.56 Å². The monoisotopic (exact) mass is 452 g/mol. The number of pyridine rings is 1. The highest BCUT2D eigenvalue weighted by atomic mass is 35.5. The zero-order valence-electron chi connectivity index (χ0n) is 14.5. The Labute approximate surface area is 174 Å². The molecule has 3 heterocycles. The zero-order valence-corrected chi connectivity index (χ0v) is 16.8. The number of rotatable bonds is 5. The van der Waals surface area contributed by atoms with E-state index >= 15 is 0 Å². The molecule has 11 heteroatoms. The standard InChI is InChI=1S/C18H11Cl2FN4O3S/c19-13-5-12(6-22-7-13)16-8-25(24-23-16)18-15(21)2-1-11(17(18)20)10-29(26,27)14-3-4-28-9-14/h1-9H,10H2. The highest BCUT2D eigenvalue weighted by Gasteiger charge is 2.22. The number of hydrogen-bond acceptors (Lipinski definition) is 6. The van der Waals surface area contributed by atoms with Crippen molar-refractivity contribution in [2.45, 2.75) is 10.6 Å². The Morgan fingerprint density at radius 1 is 1.17 bits per heavy atom. The van der Waals surface area contributed by atoms with Crippen LogP contribution in [0.25, 0.3) is 16.9 Å². The van der Waals surface area contributed by atoms with Crippen LogP contribution in [0, 0.1) is 5.82 Å². The van der Waals surface area contributed by atoms with Gasteiger partial charge in [-0.15, -0.1) is 5.10 Å². The molecule has 1 aromatic carbocycles. The summed E-state index contributed by atoms with van der Waals surface area (Å²) in [6, 6.07) is 5.41. The summed E-state index contributed by atoms with van der Waals surface area (Å²) in [5, 5.41) is 8.22. The minimum atomic E-state index is -3.72. The summed E-state index contributed by atoms with van der Waals surface area (Å²) in [5.74, 6) is -1.11. The average molecular weight is 453 g/mol. The Balaban J connectivity index is 1.73. The van der Waals surface area contributed by atoms with Crippen molar-refractivity contribution >= 4 is 33.0 Å². The number of furan rings is 1. The summed E-state index contributed by atoms with van der Waals surface area (Å²) in [6.45, 7) is 0. The Morgan fingerprint density at radius 2 is 2.00 bits per heavy atom. The molecule has 0 atom stereocenters. The maximum Gasteiger partial charge on any atom is 0.185 e. The molecule has 0 amide bonds. The predicted molar refractivity (Wildman–Crippen MR) is 104 cm³/mol. The summed E-state index contributed by atoms with van der Waals surface area (Å²) >= 11 is 12.3. The fourth-order valence-electron chi connectivity index (χ4n) is 2.68. The number of nitrogens with zero attached hydrogens (tertiary/aromatic N) is 4. The van der Waals surface area contributed by atoms with Crippen molar-refractivity contribution in [1.82, 2.24) is 20.0 Å². The molecule has 0 radical (unpaired) electrons. The topological polar surface area (TPSA) is 90.9 Å². The highest BCUT2D eigenvalue weighted by molar-refractivity contribution is 7.90. The Morgan fingerprint density at radius 3 is 2.72 bits per heavy atom. The molecule has 0 unspecified atom stereocenters. The summed E-state index contributed by atoms with van der Waals surface area (Å²) in [7, 11) is -3.72. The SMILES string of the molecule is O=S(=O)(Cc1ccc(F)c(-n2cc(-c3cncc(Cl)c3)nn2)c1Cl)c1ccoc1. The summed E-state index contributed by atoms with van der Waals surface area (Å²) in [5.41, 5.74) is 1.08. The second kappa shape index (κ2) is 7.58. The van der Waals surface area contributed by atoms with Gasteiger partial charge in [0.15, 0.2) is 9.84 Å². The number of sulfone groups is 1. The van der Waals surface area contributed by atoms with Crippen LogP contribution in [0.5, 0.6) is 0 Å². The second-order valence-electron chi connectivity index (χ2n) is 6.03. The van der Waals surface area contributed by atoms with Gasteiger partial charge < -0.3 is 4.42 Å². The third kappa shape index (κ3) is 3.89. The number of benzene rings is 1. The van der Waals surface area contributed by atoms with Crippen LogP contribution >= 0.6 is 23.2 Å². The average Bonchev–Trinajstić information content (AvgIpc) is 3.37.